The highest BCUT2D eigenvalue weighted by Gasteiger charge is 2.35. The molecule has 0 spiro atoms. The van der Waals surface area contributed by atoms with E-state index in [1.165, 1.54) is 12.1 Å². The monoisotopic (exact) mass is 528 g/mol. The first kappa shape index (κ1) is 26.6. The van der Waals surface area contributed by atoms with Gasteiger partial charge in [0.15, 0.2) is 0 Å². The van der Waals surface area contributed by atoms with Crippen LogP contribution in [0.15, 0.2) is 79.1 Å². The second-order valence-electron chi connectivity index (χ2n) is 10.7. The molecule has 0 radical (unpaired) electrons. The maximum atomic E-state index is 13.8. The summed E-state index contributed by atoms with van der Waals surface area (Å²) in [6, 6.07) is 20.1. The zero-order valence-electron chi connectivity index (χ0n) is 22.5. The zero-order valence-corrected chi connectivity index (χ0v) is 22.5. The molecule has 3 heterocycles. The summed E-state index contributed by atoms with van der Waals surface area (Å²) >= 11 is 0. The van der Waals surface area contributed by atoms with Gasteiger partial charge in [-0.1, -0.05) is 30.3 Å². The smallest absolute Gasteiger partial charge is 0.410 e. The van der Waals surface area contributed by atoms with Gasteiger partial charge >= 0.3 is 6.09 Å². The molecular weight excluding hydrogens is 495 g/mol. The van der Waals surface area contributed by atoms with Crippen LogP contribution in [0.4, 0.5) is 9.18 Å². The highest BCUT2D eigenvalue weighted by molar-refractivity contribution is 5.83. The van der Waals surface area contributed by atoms with Crippen molar-refractivity contribution in [2.45, 2.75) is 52.0 Å². The van der Waals surface area contributed by atoms with E-state index in [2.05, 4.69) is 4.98 Å². The Morgan fingerprint density at radius 2 is 1.72 bits per heavy atom. The summed E-state index contributed by atoms with van der Waals surface area (Å²) in [6.45, 7) is 7.38. The van der Waals surface area contributed by atoms with Crippen LogP contribution in [0.1, 0.15) is 44.5 Å². The van der Waals surface area contributed by atoms with Gasteiger partial charge in [-0.3, -0.25) is 9.67 Å². The van der Waals surface area contributed by atoms with Gasteiger partial charge in [0.25, 0.3) is 0 Å². The topological polar surface area (TPSA) is 69.5 Å². The molecule has 0 bridgehead atoms. The summed E-state index contributed by atoms with van der Waals surface area (Å²) in [6.07, 6.45) is 3.75. The second-order valence-corrected chi connectivity index (χ2v) is 10.7. The molecule has 0 saturated heterocycles. The molecule has 202 valence electrons. The lowest BCUT2D eigenvalue weighted by atomic mass is 9.98. The molecule has 1 aliphatic heterocycles. The van der Waals surface area contributed by atoms with Crippen molar-refractivity contribution in [2.75, 3.05) is 13.2 Å². The minimum atomic E-state index is -0.615. The second kappa shape index (κ2) is 11.4. The Kier molecular flexibility index (Phi) is 7.74. The first-order chi connectivity index (χ1) is 18.8. The summed E-state index contributed by atoms with van der Waals surface area (Å²) in [5.74, 6) is -0.308. The molecule has 0 aliphatic carbocycles. The van der Waals surface area contributed by atoms with Gasteiger partial charge in [0, 0.05) is 36.7 Å². The van der Waals surface area contributed by atoms with Crippen LogP contribution in [-0.2, 0) is 22.6 Å². The molecular formula is C31H33FN4O3. The maximum absolute atomic E-state index is 13.8. The standard InChI is InChI=1S/C31H33FN4O3/c1-31(2,3)39-30(37)35-19-26(15-18-38-21-22-7-5-4-6-8-22)36-27(20-35)28(23-13-16-33-17-14-23)29(34-36)24-9-11-25(32)12-10-24/h4-14,16-17,26H,15,18-21H2,1-3H3/t26-/m1/s1. The van der Waals surface area contributed by atoms with Crippen LogP contribution in [0.3, 0.4) is 0 Å². The van der Waals surface area contributed by atoms with Crippen molar-refractivity contribution < 1.29 is 18.7 Å². The van der Waals surface area contributed by atoms with Crippen LogP contribution in [0.25, 0.3) is 22.4 Å². The van der Waals surface area contributed by atoms with Crippen molar-refractivity contribution in [2.24, 2.45) is 0 Å². The third kappa shape index (κ3) is 6.34. The van der Waals surface area contributed by atoms with Crippen molar-refractivity contribution in [3.05, 3.63) is 96.2 Å². The van der Waals surface area contributed by atoms with Crippen molar-refractivity contribution in [3.63, 3.8) is 0 Å². The Balaban J connectivity index is 1.51. The lowest BCUT2D eigenvalue weighted by molar-refractivity contribution is 0.0133. The number of carbonyl (C=O) groups is 1. The minimum Gasteiger partial charge on any atom is -0.444 e. The molecule has 0 fully saturated rings. The van der Waals surface area contributed by atoms with Crippen molar-refractivity contribution in [1.29, 1.82) is 0 Å². The quantitative estimate of drug-likeness (QED) is 0.251. The number of amides is 1. The molecule has 2 aromatic carbocycles. The lowest BCUT2D eigenvalue weighted by Gasteiger charge is -2.35. The first-order valence-corrected chi connectivity index (χ1v) is 13.2. The van der Waals surface area contributed by atoms with Gasteiger partial charge in [-0.2, -0.15) is 5.10 Å². The van der Waals surface area contributed by atoms with E-state index in [-0.39, 0.29) is 18.0 Å². The van der Waals surface area contributed by atoms with E-state index in [9.17, 15) is 9.18 Å². The predicted octanol–water partition coefficient (Wildman–Crippen LogP) is 6.65. The molecule has 2 aromatic heterocycles. The lowest BCUT2D eigenvalue weighted by Crippen LogP contribution is -2.44. The van der Waals surface area contributed by atoms with Crippen LogP contribution < -0.4 is 0 Å². The van der Waals surface area contributed by atoms with E-state index >= 15 is 0 Å². The molecule has 1 atom stereocenters. The van der Waals surface area contributed by atoms with Gasteiger partial charge in [-0.15, -0.1) is 0 Å². The Morgan fingerprint density at radius 3 is 2.41 bits per heavy atom. The molecule has 0 N–H and O–H groups in total. The molecule has 1 aliphatic rings. The number of aromatic nitrogens is 3. The van der Waals surface area contributed by atoms with E-state index in [0.29, 0.717) is 32.7 Å². The van der Waals surface area contributed by atoms with Crippen molar-refractivity contribution in [3.8, 4) is 22.4 Å². The Morgan fingerprint density at radius 1 is 1.00 bits per heavy atom. The third-order valence-corrected chi connectivity index (χ3v) is 6.57. The summed E-state index contributed by atoms with van der Waals surface area (Å²) < 4.78 is 27.6. The predicted molar refractivity (Wildman–Crippen MR) is 147 cm³/mol. The van der Waals surface area contributed by atoms with Gasteiger partial charge < -0.3 is 14.4 Å². The summed E-state index contributed by atoms with van der Waals surface area (Å²) in [5.41, 5.74) is 4.74. The van der Waals surface area contributed by atoms with Crippen LogP contribution in [0.5, 0.6) is 0 Å². The average Bonchev–Trinajstić information content (AvgIpc) is 3.31. The highest BCUT2D eigenvalue weighted by atomic mass is 19.1. The number of halogens is 1. The first-order valence-electron chi connectivity index (χ1n) is 13.2. The van der Waals surface area contributed by atoms with Crippen LogP contribution in [0, 0.1) is 5.82 Å². The number of rotatable bonds is 7. The number of hydrogen-bond donors (Lipinski definition) is 0. The van der Waals surface area contributed by atoms with Gasteiger partial charge in [0.05, 0.1) is 24.9 Å². The number of benzene rings is 2. The van der Waals surface area contributed by atoms with E-state index in [0.717, 1.165) is 33.6 Å². The van der Waals surface area contributed by atoms with Gasteiger partial charge in [0.2, 0.25) is 0 Å². The number of hydrogen-bond acceptors (Lipinski definition) is 5. The third-order valence-electron chi connectivity index (χ3n) is 6.57. The van der Waals surface area contributed by atoms with Crippen LogP contribution >= 0.6 is 0 Å². The van der Waals surface area contributed by atoms with E-state index in [1.807, 2.05) is 67.9 Å². The SMILES string of the molecule is CC(C)(C)OC(=O)N1Cc2c(-c3ccncc3)c(-c3ccc(F)cc3)nn2[C@H](CCOCc2ccccc2)C1. The molecule has 0 saturated carbocycles. The Labute approximate surface area is 228 Å². The maximum Gasteiger partial charge on any atom is 0.410 e. The summed E-state index contributed by atoms with van der Waals surface area (Å²) in [7, 11) is 0. The Bertz CT molecular complexity index is 1400. The molecule has 7 nitrogen and oxygen atoms in total. The number of nitrogens with zero attached hydrogens (tertiary/aromatic N) is 4. The number of pyridine rings is 1. The van der Waals surface area contributed by atoms with Crippen molar-refractivity contribution in [1.82, 2.24) is 19.7 Å². The molecule has 4 aromatic rings. The zero-order chi connectivity index (χ0) is 27.4. The summed E-state index contributed by atoms with van der Waals surface area (Å²) in [5, 5.41) is 5.05. The average molecular weight is 529 g/mol. The van der Waals surface area contributed by atoms with Crippen LogP contribution in [0.2, 0.25) is 0 Å². The largest absolute Gasteiger partial charge is 0.444 e. The fourth-order valence-corrected chi connectivity index (χ4v) is 4.79. The van der Waals surface area contributed by atoms with E-state index in [1.54, 1.807) is 29.4 Å². The van der Waals surface area contributed by atoms with E-state index < -0.39 is 5.60 Å². The van der Waals surface area contributed by atoms with Gasteiger partial charge in [-0.25, -0.2) is 9.18 Å². The number of carbonyl (C=O) groups excluding carboxylic acids is 1. The molecule has 5 rings (SSSR count). The van der Waals surface area contributed by atoms with Gasteiger partial charge in [-0.05, 0) is 74.7 Å². The van der Waals surface area contributed by atoms with Gasteiger partial charge in [0.1, 0.15) is 17.1 Å². The Hall–Kier alpha value is -4.04. The summed E-state index contributed by atoms with van der Waals surface area (Å²) in [4.78, 5) is 19.2. The number of ether oxygens (including phenoxy) is 2. The molecule has 0 unspecified atom stereocenters. The normalized spacial score (nSPS) is 15.2. The minimum absolute atomic E-state index is 0.133. The molecule has 1 amide bonds. The molecule has 8 heteroatoms. The number of fused-ring (bicyclic) bond motifs is 1. The fourth-order valence-electron chi connectivity index (χ4n) is 4.79. The van der Waals surface area contributed by atoms with Crippen LogP contribution in [-0.4, -0.2) is 44.5 Å². The van der Waals surface area contributed by atoms with E-state index in [4.69, 9.17) is 14.6 Å². The fraction of sp³-hybridized carbons (Fsp3) is 0.323. The highest BCUT2D eigenvalue weighted by Crippen LogP contribution is 2.39. The van der Waals surface area contributed by atoms with Crippen molar-refractivity contribution >= 4 is 6.09 Å². The molecule has 39 heavy (non-hydrogen) atoms.